The van der Waals surface area contributed by atoms with E-state index in [-0.39, 0.29) is 24.7 Å². The summed E-state index contributed by atoms with van der Waals surface area (Å²) in [7, 11) is 3.91. The number of amides is 1. The number of hydrogen-bond donors (Lipinski definition) is 1. The summed E-state index contributed by atoms with van der Waals surface area (Å²) in [6.07, 6.45) is 0.232. The minimum absolute atomic E-state index is 0.103. The highest BCUT2D eigenvalue weighted by Gasteiger charge is 2.09. The van der Waals surface area contributed by atoms with Crippen LogP contribution in [0.2, 0.25) is 0 Å². The Labute approximate surface area is 119 Å². The summed E-state index contributed by atoms with van der Waals surface area (Å²) in [5, 5.41) is 2.79. The van der Waals surface area contributed by atoms with E-state index in [0.29, 0.717) is 6.61 Å². The van der Waals surface area contributed by atoms with Crippen molar-refractivity contribution in [3.8, 4) is 0 Å². The third kappa shape index (κ3) is 4.91. The van der Waals surface area contributed by atoms with Gasteiger partial charge in [0.15, 0.2) is 0 Å². The molecular weight excluding hydrogens is 256 g/mol. The van der Waals surface area contributed by atoms with Crippen molar-refractivity contribution in [1.29, 1.82) is 0 Å². The summed E-state index contributed by atoms with van der Waals surface area (Å²) in [6.45, 7) is 4.10. The summed E-state index contributed by atoms with van der Waals surface area (Å²) >= 11 is 0. The van der Waals surface area contributed by atoms with Crippen LogP contribution in [0.1, 0.15) is 25.3 Å². The molecule has 0 aliphatic carbocycles. The zero-order valence-electron chi connectivity index (χ0n) is 12.5. The molecule has 5 nitrogen and oxygen atoms in total. The number of ether oxygens (including phenoxy) is 1. The molecule has 1 aromatic rings. The molecule has 1 aromatic carbocycles. The quantitative estimate of drug-likeness (QED) is 0.811. The zero-order valence-corrected chi connectivity index (χ0v) is 12.5. The SMILES string of the molecule is CCOC(=O)CCC(=O)Nc1ccc(C)c(N(C)C)c1. The first-order chi connectivity index (χ1) is 9.43. The van der Waals surface area contributed by atoms with Crippen molar-refractivity contribution < 1.29 is 14.3 Å². The van der Waals surface area contributed by atoms with Gasteiger partial charge in [0, 0.05) is 31.9 Å². The largest absolute Gasteiger partial charge is 0.466 e. The van der Waals surface area contributed by atoms with Gasteiger partial charge in [-0.05, 0) is 31.5 Å². The van der Waals surface area contributed by atoms with Crippen LogP contribution < -0.4 is 10.2 Å². The van der Waals surface area contributed by atoms with Crippen LogP contribution in [-0.2, 0) is 14.3 Å². The summed E-state index contributed by atoms with van der Waals surface area (Å²) in [6, 6.07) is 5.72. The molecule has 1 rings (SSSR count). The van der Waals surface area contributed by atoms with E-state index in [0.717, 1.165) is 16.9 Å². The van der Waals surface area contributed by atoms with E-state index >= 15 is 0 Å². The molecule has 0 aliphatic heterocycles. The molecule has 5 heteroatoms. The van der Waals surface area contributed by atoms with Crippen molar-refractivity contribution >= 4 is 23.3 Å². The van der Waals surface area contributed by atoms with Gasteiger partial charge in [0.25, 0.3) is 0 Å². The number of benzene rings is 1. The van der Waals surface area contributed by atoms with Crippen LogP contribution in [0.25, 0.3) is 0 Å². The molecule has 0 radical (unpaired) electrons. The molecule has 0 unspecified atom stereocenters. The Bertz CT molecular complexity index is 484. The van der Waals surface area contributed by atoms with Gasteiger partial charge in [-0.1, -0.05) is 6.07 Å². The average Bonchev–Trinajstić information content (AvgIpc) is 2.39. The molecule has 0 saturated carbocycles. The van der Waals surface area contributed by atoms with Crippen LogP contribution >= 0.6 is 0 Å². The topological polar surface area (TPSA) is 58.6 Å². The summed E-state index contributed by atoms with van der Waals surface area (Å²) in [5.41, 5.74) is 2.92. The Morgan fingerprint density at radius 3 is 2.55 bits per heavy atom. The maximum absolute atomic E-state index is 11.8. The number of nitrogens with zero attached hydrogens (tertiary/aromatic N) is 1. The predicted molar refractivity (Wildman–Crippen MR) is 80.0 cm³/mol. The van der Waals surface area contributed by atoms with Crippen LogP contribution in [-0.4, -0.2) is 32.6 Å². The van der Waals surface area contributed by atoms with E-state index in [1.165, 1.54) is 0 Å². The highest BCUT2D eigenvalue weighted by atomic mass is 16.5. The Morgan fingerprint density at radius 1 is 1.25 bits per heavy atom. The Kier molecular flexibility index (Phi) is 6.03. The number of carbonyl (C=O) groups excluding carboxylic acids is 2. The lowest BCUT2D eigenvalue weighted by molar-refractivity contribution is -0.144. The lowest BCUT2D eigenvalue weighted by Gasteiger charge is -2.17. The number of carbonyl (C=O) groups is 2. The zero-order chi connectivity index (χ0) is 15.1. The normalized spacial score (nSPS) is 10.0. The van der Waals surface area contributed by atoms with Crippen molar-refractivity contribution in [2.24, 2.45) is 0 Å². The Morgan fingerprint density at radius 2 is 1.95 bits per heavy atom. The molecule has 1 N–H and O–H groups in total. The second kappa shape index (κ2) is 7.53. The third-order valence-corrected chi connectivity index (χ3v) is 2.84. The van der Waals surface area contributed by atoms with Gasteiger partial charge >= 0.3 is 5.97 Å². The minimum Gasteiger partial charge on any atom is -0.466 e. The number of nitrogens with one attached hydrogen (secondary N) is 1. The van der Waals surface area contributed by atoms with Crippen molar-refractivity contribution in [3.63, 3.8) is 0 Å². The number of anilines is 2. The van der Waals surface area contributed by atoms with E-state index in [4.69, 9.17) is 4.74 Å². The maximum atomic E-state index is 11.8. The molecule has 0 fully saturated rings. The molecular formula is C15H22N2O3. The number of hydrogen-bond acceptors (Lipinski definition) is 4. The third-order valence-electron chi connectivity index (χ3n) is 2.84. The van der Waals surface area contributed by atoms with Crippen molar-refractivity contribution in [1.82, 2.24) is 0 Å². The fourth-order valence-corrected chi connectivity index (χ4v) is 1.84. The van der Waals surface area contributed by atoms with Gasteiger partial charge in [-0.2, -0.15) is 0 Å². The van der Waals surface area contributed by atoms with Crippen molar-refractivity contribution in [2.75, 3.05) is 30.9 Å². The highest BCUT2D eigenvalue weighted by molar-refractivity contribution is 5.93. The van der Waals surface area contributed by atoms with Crippen LogP contribution in [0.3, 0.4) is 0 Å². The predicted octanol–water partition coefficient (Wildman–Crippen LogP) is 2.34. The van der Waals surface area contributed by atoms with E-state index < -0.39 is 0 Å². The van der Waals surface area contributed by atoms with Gasteiger partial charge in [0.05, 0.1) is 13.0 Å². The van der Waals surface area contributed by atoms with Crippen molar-refractivity contribution in [2.45, 2.75) is 26.7 Å². The monoisotopic (exact) mass is 278 g/mol. The number of rotatable bonds is 6. The molecule has 0 bridgehead atoms. The fraction of sp³-hybridized carbons (Fsp3) is 0.467. The van der Waals surface area contributed by atoms with Gasteiger partial charge < -0.3 is 15.0 Å². The number of aryl methyl sites for hydroxylation is 1. The molecule has 0 spiro atoms. The van der Waals surface area contributed by atoms with Gasteiger partial charge in [-0.3, -0.25) is 9.59 Å². The number of esters is 1. The van der Waals surface area contributed by atoms with Crippen molar-refractivity contribution in [3.05, 3.63) is 23.8 Å². The van der Waals surface area contributed by atoms with Crippen LogP contribution in [0.15, 0.2) is 18.2 Å². The van der Waals surface area contributed by atoms with Gasteiger partial charge in [0.1, 0.15) is 0 Å². The van der Waals surface area contributed by atoms with E-state index in [2.05, 4.69) is 5.32 Å². The summed E-state index contributed by atoms with van der Waals surface area (Å²) in [5.74, 6) is -0.535. The minimum atomic E-state index is -0.347. The van der Waals surface area contributed by atoms with E-state index in [1.807, 2.05) is 44.1 Å². The lowest BCUT2D eigenvalue weighted by atomic mass is 10.1. The van der Waals surface area contributed by atoms with Gasteiger partial charge in [-0.25, -0.2) is 0 Å². The Balaban J connectivity index is 2.58. The highest BCUT2D eigenvalue weighted by Crippen LogP contribution is 2.22. The van der Waals surface area contributed by atoms with Gasteiger partial charge in [0.2, 0.25) is 5.91 Å². The molecule has 0 aliphatic rings. The second-order valence-electron chi connectivity index (χ2n) is 4.75. The average molecular weight is 278 g/mol. The standard InChI is InChI=1S/C15H22N2O3/c1-5-20-15(19)9-8-14(18)16-12-7-6-11(2)13(10-12)17(3)4/h6-7,10H,5,8-9H2,1-4H3,(H,16,18). The van der Waals surface area contributed by atoms with Gasteiger partial charge in [-0.15, -0.1) is 0 Å². The smallest absolute Gasteiger partial charge is 0.306 e. The molecule has 1 amide bonds. The first kappa shape index (κ1) is 16.0. The maximum Gasteiger partial charge on any atom is 0.306 e. The Hall–Kier alpha value is -2.04. The molecule has 20 heavy (non-hydrogen) atoms. The van der Waals surface area contributed by atoms with E-state index in [9.17, 15) is 9.59 Å². The molecule has 0 saturated heterocycles. The lowest BCUT2D eigenvalue weighted by Crippen LogP contribution is -2.15. The van der Waals surface area contributed by atoms with Crippen LogP contribution in [0.5, 0.6) is 0 Å². The van der Waals surface area contributed by atoms with E-state index in [1.54, 1.807) is 6.92 Å². The molecule has 110 valence electrons. The fourth-order valence-electron chi connectivity index (χ4n) is 1.84. The summed E-state index contributed by atoms with van der Waals surface area (Å²) in [4.78, 5) is 24.9. The van der Waals surface area contributed by atoms with Crippen LogP contribution in [0, 0.1) is 6.92 Å². The first-order valence-corrected chi connectivity index (χ1v) is 6.67. The molecule has 0 atom stereocenters. The summed E-state index contributed by atoms with van der Waals surface area (Å²) < 4.78 is 4.78. The molecule has 0 heterocycles. The van der Waals surface area contributed by atoms with Crippen LogP contribution in [0.4, 0.5) is 11.4 Å². The first-order valence-electron chi connectivity index (χ1n) is 6.67. The second-order valence-corrected chi connectivity index (χ2v) is 4.75. The molecule has 0 aromatic heterocycles.